The standard InChI is InChI=1S/C6H5ClF2N2O3S/c7-15(13,14)5-2(10)1-3(12)11-4(5)6(8)9/h1,6H,(H3,10,11,12). The lowest BCUT2D eigenvalue weighted by Crippen LogP contribution is -2.15. The average Bonchev–Trinajstić information content (AvgIpc) is 1.99. The Morgan fingerprint density at radius 3 is 2.40 bits per heavy atom. The van der Waals surface area contributed by atoms with Crippen LogP contribution in [0.4, 0.5) is 14.5 Å². The first-order valence-corrected chi connectivity index (χ1v) is 5.80. The predicted octanol–water partition coefficient (Wildman–Crippen LogP) is 0.822. The number of nitrogens with two attached hydrogens (primary N) is 1. The SMILES string of the molecule is Nc1cc(=O)[nH]c(C(F)F)c1S(=O)(=O)Cl. The lowest BCUT2D eigenvalue weighted by Gasteiger charge is -2.07. The smallest absolute Gasteiger partial charge is 0.279 e. The first kappa shape index (κ1) is 11.9. The van der Waals surface area contributed by atoms with Crippen molar-refractivity contribution in [2.45, 2.75) is 11.3 Å². The van der Waals surface area contributed by atoms with E-state index in [9.17, 15) is 22.0 Å². The Bertz CT molecular complexity index is 540. The van der Waals surface area contributed by atoms with Crippen LogP contribution in [0.5, 0.6) is 0 Å². The lowest BCUT2D eigenvalue weighted by atomic mass is 10.3. The highest BCUT2D eigenvalue weighted by atomic mass is 35.7. The number of alkyl halides is 2. The summed E-state index contributed by atoms with van der Waals surface area (Å²) in [5.74, 6) is 0. The highest BCUT2D eigenvalue weighted by molar-refractivity contribution is 8.13. The monoisotopic (exact) mass is 258 g/mol. The van der Waals surface area contributed by atoms with Crippen molar-refractivity contribution >= 4 is 25.4 Å². The van der Waals surface area contributed by atoms with Gasteiger partial charge in [-0.15, -0.1) is 0 Å². The molecule has 0 saturated carbocycles. The highest BCUT2D eigenvalue weighted by Gasteiger charge is 2.25. The molecule has 0 bridgehead atoms. The van der Waals surface area contributed by atoms with E-state index in [-0.39, 0.29) is 0 Å². The van der Waals surface area contributed by atoms with Gasteiger partial charge < -0.3 is 10.7 Å². The molecular formula is C6H5ClF2N2O3S. The Kier molecular flexibility index (Phi) is 3.00. The van der Waals surface area contributed by atoms with Gasteiger partial charge in [0.2, 0.25) is 5.56 Å². The van der Waals surface area contributed by atoms with E-state index in [1.807, 2.05) is 0 Å². The molecule has 1 aromatic heterocycles. The van der Waals surface area contributed by atoms with Crippen molar-refractivity contribution in [3.63, 3.8) is 0 Å². The van der Waals surface area contributed by atoms with Crippen LogP contribution in [0.2, 0.25) is 0 Å². The Labute approximate surface area is 87.3 Å². The molecule has 1 aromatic rings. The van der Waals surface area contributed by atoms with E-state index in [1.165, 1.54) is 0 Å². The third-order valence-electron chi connectivity index (χ3n) is 1.51. The maximum absolute atomic E-state index is 12.4. The molecule has 1 heterocycles. The van der Waals surface area contributed by atoms with E-state index < -0.39 is 37.3 Å². The quantitative estimate of drug-likeness (QED) is 0.768. The molecule has 3 N–H and O–H groups in total. The summed E-state index contributed by atoms with van der Waals surface area (Å²) in [6, 6.07) is 0.668. The predicted molar refractivity (Wildman–Crippen MR) is 49.5 cm³/mol. The summed E-state index contributed by atoms with van der Waals surface area (Å²) in [4.78, 5) is 11.5. The van der Waals surface area contributed by atoms with E-state index in [0.717, 1.165) is 0 Å². The number of anilines is 1. The van der Waals surface area contributed by atoms with Crippen LogP contribution in [0.25, 0.3) is 0 Å². The van der Waals surface area contributed by atoms with Gasteiger partial charge in [-0.2, -0.15) is 0 Å². The van der Waals surface area contributed by atoms with Gasteiger partial charge in [-0.1, -0.05) is 0 Å². The second kappa shape index (κ2) is 3.78. The van der Waals surface area contributed by atoms with Gasteiger partial charge in [0.15, 0.2) is 0 Å². The first-order chi connectivity index (χ1) is 6.73. The number of halogens is 3. The van der Waals surface area contributed by atoms with Crippen LogP contribution < -0.4 is 11.3 Å². The molecule has 0 atom stereocenters. The third-order valence-corrected chi connectivity index (χ3v) is 2.92. The maximum atomic E-state index is 12.4. The minimum absolute atomic E-state index is 0.607. The van der Waals surface area contributed by atoms with Crippen LogP contribution in [0, 0.1) is 0 Å². The number of nitrogens with one attached hydrogen (secondary N) is 1. The van der Waals surface area contributed by atoms with Crippen LogP contribution >= 0.6 is 10.7 Å². The number of H-pyrrole nitrogens is 1. The van der Waals surface area contributed by atoms with Crippen LogP contribution in [-0.4, -0.2) is 13.4 Å². The normalized spacial score (nSPS) is 12.0. The average molecular weight is 259 g/mol. The number of rotatable bonds is 2. The van der Waals surface area contributed by atoms with Gasteiger partial charge in [0.05, 0.1) is 5.69 Å². The zero-order valence-corrected chi connectivity index (χ0v) is 8.57. The van der Waals surface area contributed by atoms with Gasteiger partial charge in [-0.25, -0.2) is 17.2 Å². The molecule has 1 rings (SSSR count). The van der Waals surface area contributed by atoms with Gasteiger partial charge >= 0.3 is 0 Å². The summed E-state index contributed by atoms with van der Waals surface area (Å²) in [5.41, 5.74) is 2.50. The fourth-order valence-corrected chi connectivity index (χ4v) is 2.27. The van der Waals surface area contributed by atoms with E-state index >= 15 is 0 Å². The van der Waals surface area contributed by atoms with Crippen molar-refractivity contribution in [2.24, 2.45) is 0 Å². The maximum Gasteiger partial charge on any atom is 0.279 e. The minimum Gasteiger partial charge on any atom is -0.397 e. The summed E-state index contributed by atoms with van der Waals surface area (Å²) in [5, 5.41) is 0. The van der Waals surface area contributed by atoms with E-state index in [4.69, 9.17) is 16.4 Å². The fourth-order valence-electron chi connectivity index (χ4n) is 1.01. The van der Waals surface area contributed by atoms with E-state index in [1.54, 1.807) is 4.98 Å². The summed E-state index contributed by atoms with van der Waals surface area (Å²) in [7, 11) is 0.473. The van der Waals surface area contributed by atoms with Gasteiger partial charge in [-0.05, 0) is 0 Å². The largest absolute Gasteiger partial charge is 0.397 e. The van der Waals surface area contributed by atoms with Gasteiger partial charge in [0.1, 0.15) is 10.6 Å². The number of nitrogen functional groups attached to an aromatic ring is 1. The number of aromatic nitrogens is 1. The molecule has 5 nitrogen and oxygen atoms in total. The number of pyridine rings is 1. The molecule has 15 heavy (non-hydrogen) atoms. The zero-order valence-electron chi connectivity index (χ0n) is 7.00. The molecule has 0 aliphatic carbocycles. The number of aromatic amines is 1. The van der Waals surface area contributed by atoms with Crippen LogP contribution in [0.3, 0.4) is 0 Å². The molecule has 0 spiro atoms. The van der Waals surface area contributed by atoms with Crippen molar-refractivity contribution in [3.05, 3.63) is 22.1 Å². The van der Waals surface area contributed by atoms with Crippen LogP contribution in [-0.2, 0) is 9.05 Å². The molecule has 0 saturated heterocycles. The molecule has 0 amide bonds. The minimum atomic E-state index is -4.43. The summed E-state index contributed by atoms with van der Waals surface area (Å²) in [6.45, 7) is 0. The van der Waals surface area contributed by atoms with Crippen molar-refractivity contribution in [1.82, 2.24) is 4.98 Å². The molecule has 0 unspecified atom stereocenters. The summed E-state index contributed by atoms with van der Waals surface area (Å²) in [6.07, 6.45) is -3.19. The lowest BCUT2D eigenvalue weighted by molar-refractivity contribution is 0.142. The Morgan fingerprint density at radius 1 is 1.47 bits per heavy atom. The van der Waals surface area contributed by atoms with Crippen molar-refractivity contribution in [1.29, 1.82) is 0 Å². The summed E-state index contributed by atoms with van der Waals surface area (Å²) < 4.78 is 46.6. The van der Waals surface area contributed by atoms with Gasteiger partial charge in [-0.3, -0.25) is 4.79 Å². The number of hydrogen-bond donors (Lipinski definition) is 2. The Hall–Kier alpha value is -1.15. The number of hydrogen-bond acceptors (Lipinski definition) is 4. The molecule has 9 heteroatoms. The third kappa shape index (κ3) is 2.45. The Balaban J connectivity index is 3.70. The van der Waals surface area contributed by atoms with E-state index in [0.29, 0.717) is 6.07 Å². The van der Waals surface area contributed by atoms with Crippen LogP contribution in [0.15, 0.2) is 15.8 Å². The van der Waals surface area contributed by atoms with Gasteiger partial charge in [0.25, 0.3) is 15.5 Å². The summed E-state index contributed by atoms with van der Waals surface area (Å²) >= 11 is 0. The van der Waals surface area contributed by atoms with Crippen molar-refractivity contribution in [3.8, 4) is 0 Å². The molecule has 0 aromatic carbocycles. The molecule has 84 valence electrons. The second-order valence-corrected chi connectivity index (χ2v) is 5.07. The molecular weight excluding hydrogens is 254 g/mol. The fraction of sp³-hybridized carbons (Fsp3) is 0.167. The molecule has 0 aliphatic heterocycles. The molecule has 0 aliphatic rings. The van der Waals surface area contributed by atoms with E-state index in [2.05, 4.69) is 0 Å². The van der Waals surface area contributed by atoms with Crippen LogP contribution in [0.1, 0.15) is 12.1 Å². The topological polar surface area (TPSA) is 93.0 Å². The zero-order chi connectivity index (χ0) is 11.8. The molecule has 0 fully saturated rings. The molecule has 0 radical (unpaired) electrons. The highest BCUT2D eigenvalue weighted by Crippen LogP contribution is 2.29. The van der Waals surface area contributed by atoms with Crippen molar-refractivity contribution < 1.29 is 17.2 Å². The first-order valence-electron chi connectivity index (χ1n) is 3.49. The second-order valence-electron chi connectivity index (χ2n) is 2.57. The van der Waals surface area contributed by atoms with Crippen molar-refractivity contribution in [2.75, 3.05) is 5.73 Å². The van der Waals surface area contributed by atoms with Gasteiger partial charge in [0, 0.05) is 16.7 Å². The Morgan fingerprint density at radius 2 is 2.00 bits per heavy atom.